The molecule has 1 N–H and O–H groups in total. The van der Waals surface area contributed by atoms with Gasteiger partial charge in [-0.05, 0) is 62.7 Å². The minimum Gasteiger partial charge on any atom is -0.478 e. The van der Waals surface area contributed by atoms with Gasteiger partial charge in [0.15, 0.2) is 0 Å². The Morgan fingerprint density at radius 3 is 2.83 bits per heavy atom. The van der Waals surface area contributed by atoms with Gasteiger partial charge in [-0.1, -0.05) is 31.1 Å². The normalized spacial score (nSPS) is 45.2. The van der Waals surface area contributed by atoms with E-state index in [1.807, 2.05) is 0 Å². The van der Waals surface area contributed by atoms with Gasteiger partial charge in [0.25, 0.3) is 0 Å². The number of hydrogen-bond acceptors (Lipinski definition) is 2. The van der Waals surface area contributed by atoms with E-state index in [0.717, 1.165) is 25.7 Å². The van der Waals surface area contributed by atoms with Crippen molar-refractivity contribution in [3.63, 3.8) is 0 Å². The minimum absolute atomic E-state index is 0.0627. The van der Waals surface area contributed by atoms with E-state index in [1.165, 1.54) is 31.1 Å². The van der Waals surface area contributed by atoms with Gasteiger partial charge in [0.1, 0.15) is 6.29 Å². The van der Waals surface area contributed by atoms with Crippen LogP contribution in [0.3, 0.4) is 0 Å². The van der Waals surface area contributed by atoms with Crippen LogP contribution in [-0.4, -0.2) is 17.4 Å². The van der Waals surface area contributed by atoms with Crippen molar-refractivity contribution in [2.45, 2.75) is 58.3 Å². The van der Waals surface area contributed by atoms with Crippen molar-refractivity contribution in [3.8, 4) is 0 Å². The summed E-state index contributed by atoms with van der Waals surface area (Å²) in [7, 11) is 0. The molecule has 0 heterocycles. The molecule has 0 aromatic heterocycles. The van der Waals surface area contributed by atoms with E-state index < -0.39 is 5.97 Å². The number of fused-ring (bicyclic) bond motifs is 5. The third-order valence-electron chi connectivity index (χ3n) is 7.61. The summed E-state index contributed by atoms with van der Waals surface area (Å²) in [4.78, 5) is 23.3. The third-order valence-corrected chi connectivity index (χ3v) is 7.61. The molecule has 0 saturated heterocycles. The van der Waals surface area contributed by atoms with Crippen LogP contribution in [-0.2, 0) is 9.59 Å². The highest BCUT2D eigenvalue weighted by molar-refractivity contribution is 5.87. The Bertz CT molecular complexity index is 616. The first kappa shape index (κ1) is 15.2. The fraction of sp³-hybridized carbons (Fsp3) is 0.700. The fourth-order valence-corrected chi connectivity index (χ4v) is 6.50. The van der Waals surface area contributed by atoms with Crippen molar-refractivity contribution in [1.82, 2.24) is 0 Å². The molecule has 0 unspecified atom stereocenters. The van der Waals surface area contributed by atoms with Crippen molar-refractivity contribution in [2.24, 2.45) is 28.6 Å². The van der Waals surface area contributed by atoms with E-state index in [4.69, 9.17) is 0 Å². The third kappa shape index (κ3) is 2.01. The van der Waals surface area contributed by atoms with Crippen molar-refractivity contribution < 1.29 is 14.7 Å². The molecular formula is C20H26O3. The lowest BCUT2D eigenvalue weighted by molar-refractivity contribution is -0.132. The Hall–Kier alpha value is -1.38. The van der Waals surface area contributed by atoms with Gasteiger partial charge in [0.05, 0.1) is 0 Å². The first-order valence-electron chi connectivity index (χ1n) is 9.11. The summed E-state index contributed by atoms with van der Waals surface area (Å²) >= 11 is 0. The quantitative estimate of drug-likeness (QED) is 0.615. The van der Waals surface area contributed by atoms with Crippen LogP contribution in [0.25, 0.3) is 0 Å². The van der Waals surface area contributed by atoms with E-state index in [1.54, 1.807) is 0 Å². The second-order valence-electron chi connectivity index (χ2n) is 8.39. The maximum atomic E-state index is 11.8. The van der Waals surface area contributed by atoms with Gasteiger partial charge in [-0.15, -0.1) is 0 Å². The number of allylic oxidation sites excluding steroid dienone is 3. The molecule has 3 nitrogen and oxygen atoms in total. The topological polar surface area (TPSA) is 54.4 Å². The zero-order chi connectivity index (χ0) is 16.2. The van der Waals surface area contributed by atoms with Crippen LogP contribution >= 0.6 is 0 Å². The standard InChI is InChI=1S/C20H26O3/c1-19-11-13(18(22)23)4-5-14(19)6-7-15-16(19)8-10-20(12-21)9-2-3-17(15)20/h5,11-12,15-17H,2-4,6-10H2,1H3,(H,22,23)/t15-,16+,17+,19+,20+/m1/s1. The van der Waals surface area contributed by atoms with Crippen LogP contribution < -0.4 is 0 Å². The molecule has 23 heavy (non-hydrogen) atoms. The molecule has 3 saturated carbocycles. The number of carboxylic acid groups (broad SMARTS) is 1. The zero-order valence-electron chi connectivity index (χ0n) is 13.9. The van der Waals surface area contributed by atoms with Gasteiger partial charge in [-0.2, -0.15) is 0 Å². The van der Waals surface area contributed by atoms with Crippen LogP contribution in [0, 0.1) is 28.6 Å². The van der Waals surface area contributed by atoms with Crippen molar-refractivity contribution in [3.05, 3.63) is 23.3 Å². The number of carboxylic acids is 1. The van der Waals surface area contributed by atoms with Gasteiger partial charge in [0, 0.05) is 16.4 Å². The average Bonchev–Trinajstić information content (AvgIpc) is 2.98. The highest BCUT2D eigenvalue weighted by Crippen LogP contribution is 2.64. The Kier molecular flexibility index (Phi) is 3.33. The van der Waals surface area contributed by atoms with Crippen LogP contribution in [0.2, 0.25) is 0 Å². The number of aliphatic carboxylic acids is 1. The highest BCUT2D eigenvalue weighted by atomic mass is 16.4. The Morgan fingerprint density at radius 2 is 2.09 bits per heavy atom. The predicted octanol–water partition coefficient (Wildman–Crippen LogP) is 4.14. The first-order valence-corrected chi connectivity index (χ1v) is 9.11. The van der Waals surface area contributed by atoms with E-state index in [9.17, 15) is 14.7 Å². The first-order chi connectivity index (χ1) is 11.0. The molecule has 0 aliphatic heterocycles. The molecule has 0 radical (unpaired) electrons. The fourth-order valence-electron chi connectivity index (χ4n) is 6.50. The lowest BCUT2D eigenvalue weighted by Crippen LogP contribution is -2.49. The average molecular weight is 314 g/mol. The van der Waals surface area contributed by atoms with Crippen molar-refractivity contribution in [2.75, 3.05) is 0 Å². The molecule has 4 rings (SSSR count). The second kappa shape index (κ2) is 5.06. The summed E-state index contributed by atoms with van der Waals surface area (Å²) < 4.78 is 0. The van der Waals surface area contributed by atoms with E-state index in [0.29, 0.717) is 29.7 Å². The van der Waals surface area contributed by atoms with Crippen molar-refractivity contribution >= 4 is 12.3 Å². The lowest BCUT2D eigenvalue weighted by atomic mass is 9.48. The SMILES string of the molecule is C[C@]12C=C(C(=O)O)CC=C1CC[C@H]1[C@@H]3CCC[C@@]3(C=O)CC[C@@H]12. The van der Waals surface area contributed by atoms with Crippen LogP contribution in [0.5, 0.6) is 0 Å². The van der Waals surface area contributed by atoms with Crippen LogP contribution in [0.15, 0.2) is 23.3 Å². The highest BCUT2D eigenvalue weighted by Gasteiger charge is 2.57. The molecule has 4 aliphatic rings. The number of rotatable bonds is 2. The molecule has 0 aromatic carbocycles. The van der Waals surface area contributed by atoms with Crippen molar-refractivity contribution in [1.29, 1.82) is 0 Å². The number of carbonyl (C=O) groups excluding carboxylic acids is 1. The Labute approximate surface area is 137 Å². The van der Waals surface area contributed by atoms with Gasteiger partial charge in [-0.3, -0.25) is 0 Å². The molecular weight excluding hydrogens is 288 g/mol. The Morgan fingerprint density at radius 1 is 1.26 bits per heavy atom. The van der Waals surface area contributed by atoms with Gasteiger partial charge in [-0.25, -0.2) is 4.79 Å². The van der Waals surface area contributed by atoms with E-state index in [2.05, 4.69) is 19.1 Å². The summed E-state index contributed by atoms with van der Waals surface area (Å²) in [6.07, 6.45) is 13.8. The van der Waals surface area contributed by atoms with E-state index >= 15 is 0 Å². The van der Waals surface area contributed by atoms with Crippen LogP contribution in [0.1, 0.15) is 58.3 Å². The second-order valence-corrected chi connectivity index (χ2v) is 8.39. The monoisotopic (exact) mass is 314 g/mol. The molecule has 4 aliphatic carbocycles. The van der Waals surface area contributed by atoms with Gasteiger partial charge in [0.2, 0.25) is 0 Å². The Balaban J connectivity index is 1.72. The molecule has 0 aromatic rings. The largest absolute Gasteiger partial charge is 0.478 e. The molecule has 124 valence electrons. The number of aldehydes is 1. The summed E-state index contributed by atoms with van der Waals surface area (Å²) in [5, 5.41) is 9.42. The summed E-state index contributed by atoms with van der Waals surface area (Å²) in [6.45, 7) is 2.25. The molecule has 0 bridgehead atoms. The minimum atomic E-state index is -0.775. The van der Waals surface area contributed by atoms with Crippen LogP contribution in [0.4, 0.5) is 0 Å². The number of carbonyl (C=O) groups is 2. The molecule has 5 atom stereocenters. The van der Waals surface area contributed by atoms with Gasteiger partial charge >= 0.3 is 5.97 Å². The lowest BCUT2D eigenvalue weighted by Gasteiger charge is -2.56. The summed E-state index contributed by atoms with van der Waals surface area (Å²) in [5.41, 5.74) is 1.83. The van der Waals surface area contributed by atoms with Gasteiger partial charge < -0.3 is 9.90 Å². The summed E-state index contributed by atoms with van der Waals surface area (Å²) in [6, 6.07) is 0. The molecule has 3 heteroatoms. The maximum absolute atomic E-state index is 11.8. The molecule has 0 spiro atoms. The summed E-state index contributed by atoms with van der Waals surface area (Å²) in [5.74, 6) is 0.847. The maximum Gasteiger partial charge on any atom is 0.331 e. The molecule has 0 amide bonds. The predicted molar refractivity (Wildman–Crippen MR) is 87.8 cm³/mol. The molecule has 3 fully saturated rings. The number of hydrogen-bond donors (Lipinski definition) is 1. The van der Waals surface area contributed by atoms with E-state index in [-0.39, 0.29) is 10.8 Å². The smallest absolute Gasteiger partial charge is 0.331 e. The zero-order valence-corrected chi connectivity index (χ0v) is 13.9.